The van der Waals surface area contributed by atoms with Crippen molar-refractivity contribution in [1.82, 2.24) is 15.2 Å². The molecule has 6 N–H and O–H groups in total. The Morgan fingerprint density at radius 1 is 1.10 bits per heavy atom. The average molecular weight is 580 g/mol. The number of aromatic amines is 1. The maximum Gasteiger partial charge on any atom is 0.354 e. The monoisotopic (exact) mass is 579 g/mol. The number of rotatable bonds is 11. The molecule has 2 atom stereocenters. The highest BCUT2D eigenvalue weighted by Crippen LogP contribution is 2.30. The summed E-state index contributed by atoms with van der Waals surface area (Å²) in [6.45, 7) is 2.31. The number of carboxylic acids is 1. The lowest BCUT2D eigenvalue weighted by Gasteiger charge is -2.34. The van der Waals surface area contributed by atoms with E-state index in [9.17, 15) is 24.3 Å². The van der Waals surface area contributed by atoms with E-state index >= 15 is 0 Å². The molecule has 0 spiro atoms. The zero-order chi connectivity index (χ0) is 30.4. The van der Waals surface area contributed by atoms with Crippen molar-refractivity contribution in [3.63, 3.8) is 0 Å². The summed E-state index contributed by atoms with van der Waals surface area (Å²) >= 11 is 0. The fourth-order valence-electron chi connectivity index (χ4n) is 4.92. The van der Waals surface area contributed by atoms with Crippen LogP contribution in [-0.2, 0) is 14.3 Å². The van der Waals surface area contributed by atoms with Crippen LogP contribution in [0, 0.1) is 5.92 Å². The molecule has 13 nitrogen and oxygen atoms in total. The number of fused-ring (bicyclic) bond motifs is 1. The second kappa shape index (κ2) is 13.2. The van der Waals surface area contributed by atoms with E-state index in [-0.39, 0.29) is 29.6 Å². The second-order valence-electron chi connectivity index (χ2n) is 10.0. The van der Waals surface area contributed by atoms with Gasteiger partial charge >= 0.3 is 5.97 Å². The quantitative estimate of drug-likeness (QED) is 0.0565. The number of ether oxygens (including phenoxy) is 2. The van der Waals surface area contributed by atoms with Gasteiger partial charge in [-0.25, -0.2) is 4.79 Å². The van der Waals surface area contributed by atoms with E-state index in [0.717, 1.165) is 0 Å². The number of methoxy groups -OCH3 is 1. The molecule has 3 aromatic rings. The van der Waals surface area contributed by atoms with Crippen molar-refractivity contribution in [1.29, 1.82) is 0 Å². The molecule has 1 aliphatic rings. The van der Waals surface area contributed by atoms with Crippen LogP contribution >= 0.6 is 0 Å². The summed E-state index contributed by atoms with van der Waals surface area (Å²) in [5.74, 6) is -2.81. The first-order valence-corrected chi connectivity index (χ1v) is 13.4. The van der Waals surface area contributed by atoms with Gasteiger partial charge in [-0.3, -0.25) is 14.4 Å². The van der Waals surface area contributed by atoms with Crippen LogP contribution in [0.4, 0.5) is 0 Å². The summed E-state index contributed by atoms with van der Waals surface area (Å²) in [6, 6.07) is 13.4. The van der Waals surface area contributed by atoms with Crippen molar-refractivity contribution < 1.29 is 39.0 Å². The SMILES string of the molecule is COc1c(C(=O)N[C@@H](OC2CCN(C(=O)C(C)CC(=O)c3ccc(/C(N)=N/O)cc3)CC2)C(=O)O)[nH]c2ccccc12. The fraction of sp³-hybridized carbons (Fsp3) is 0.345. The van der Waals surface area contributed by atoms with Crippen molar-refractivity contribution in [3.8, 4) is 5.75 Å². The Kier molecular flexibility index (Phi) is 9.42. The number of amides is 2. The number of Topliss-reactive ketones (excluding diaryl/α,β-unsaturated/α-hetero) is 1. The number of H-pyrrole nitrogens is 1. The topological polar surface area (TPSA) is 197 Å². The van der Waals surface area contributed by atoms with E-state index in [2.05, 4.69) is 15.5 Å². The predicted octanol–water partition coefficient (Wildman–Crippen LogP) is 2.33. The number of oxime groups is 1. The van der Waals surface area contributed by atoms with E-state index in [4.69, 9.17) is 20.4 Å². The molecule has 1 fully saturated rings. The lowest BCUT2D eigenvalue weighted by atomic mass is 9.96. The number of carbonyl (C=O) groups excluding carboxylic acids is 3. The van der Waals surface area contributed by atoms with Gasteiger partial charge in [0.05, 0.1) is 13.2 Å². The maximum absolute atomic E-state index is 13.0. The molecule has 42 heavy (non-hydrogen) atoms. The molecule has 2 amide bonds. The summed E-state index contributed by atoms with van der Waals surface area (Å²) < 4.78 is 11.1. The van der Waals surface area contributed by atoms with Gasteiger partial charge in [0.1, 0.15) is 5.69 Å². The molecule has 0 saturated carbocycles. The summed E-state index contributed by atoms with van der Waals surface area (Å²) in [6.07, 6.45) is -1.40. The largest absolute Gasteiger partial charge is 0.494 e. The summed E-state index contributed by atoms with van der Waals surface area (Å²) in [7, 11) is 1.42. The number of para-hydroxylation sites is 1. The van der Waals surface area contributed by atoms with Gasteiger partial charge in [0, 0.05) is 47.5 Å². The molecule has 2 heterocycles. The van der Waals surface area contributed by atoms with Crippen LogP contribution < -0.4 is 15.8 Å². The van der Waals surface area contributed by atoms with E-state index in [1.807, 2.05) is 0 Å². The van der Waals surface area contributed by atoms with E-state index < -0.39 is 30.1 Å². The van der Waals surface area contributed by atoms with Crippen LogP contribution in [0.5, 0.6) is 5.75 Å². The molecular weight excluding hydrogens is 546 g/mol. The van der Waals surface area contributed by atoms with Crippen molar-refractivity contribution in [3.05, 3.63) is 65.4 Å². The zero-order valence-corrected chi connectivity index (χ0v) is 23.2. The standard InChI is InChI=1S/C29H33N5O8/c1-16(15-22(35)17-7-9-18(10-8-17)25(30)33-40)28(37)34-13-11-19(12-14-34)42-27(29(38)39)32-26(36)23-24(41-2)20-5-3-4-6-21(20)31-23/h3-10,16,19,27,31,40H,11-15H2,1-2H3,(H2,30,33)(H,32,36)(H,38,39)/t16?,27-/m0/s1. The molecule has 1 unspecified atom stereocenters. The molecule has 4 rings (SSSR count). The van der Waals surface area contributed by atoms with Crippen molar-refractivity contribution in [2.24, 2.45) is 16.8 Å². The normalized spacial score (nSPS) is 15.7. The Balaban J connectivity index is 1.30. The Labute approximate surface area is 241 Å². The van der Waals surface area contributed by atoms with Crippen LogP contribution in [0.25, 0.3) is 10.9 Å². The number of benzene rings is 2. The first-order chi connectivity index (χ1) is 20.1. The molecule has 13 heteroatoms. The van der Waals surface area contributed by atoms with E-state index in [1.165, 1.54) is 7.11 Å². The van der Waals surface area contributed by atoms with Gasteiger partial charge in [0.15, 0.2) is 17.4 Å². The van der Waals surface area contributed by atoms with Crippen LogP contribution in [0.1, 0.15) is 52.6 Å². The van der Waals surface area contributed by atoms with Gasteiger partial charge in [-0.2, -0.15) is 0 Å². The van der Waals surface area contributed by atoms with Gasteiger partial charge in [-0.15, -0.1) is 0 Å². The molecule has 1 aromatic heterocycles. The van der Waals surface area contributed by atoms with Crippen LogP contribution in [0.2, 0.25) is 0 Å². The number of hydrogen-bond donors (Lipinski definition) is 5. The second-order valence-corrected chi connectivity index (χ2v) is 10.0. The first kappa shape index (κ1) is 30.1. The van der Waals surface area contributed by atoms with Gasteiger partial charge in [-0.1, -0.05) is 48.5 Å². The van der Waals surface area contributed by atoms with Gasteiger partial charge in [-0.05, 0) is 25.0 Å². The lowest BCUT2D eigenvalue weighted by Crippen LogP contribution is -2.48. The van der Waals surface area contributed by atoms with Crippen molar-refractivity contribution >= 4 is 40.3 Å². The van der Waals surface area contributed by atoms with Crippen molar-refractivity contribution in [2.75, 3.05) is 20.2 Å². The van der Waals surface area contributed by atoms with Crippen molar-refractivity contribution in [2.45, 2.75) is 38.5 Å². The number of amidine groups is 1. The number of ketones is 1. The third kappa shape index (κ3) is 6.69. The Morgan fingerprint density at radius 2 is 1.74 bits per heavy atom. The van der Waals surface area contributed by atoms with Gasteiger partial charge in [0.25, 0.3) is 5.91 Å². The zero-order valence-electron chi connectivity index (χ0n) is 23.2. The molecule has 2 aromatic carbocycles. The highest BCUT2D eigenvalue weighted by Gasteiger charge is 2.32. The van der Waals surface area contributed by atoms with E-state index in [0.29, 0.717) is 53.7 Å². The molecule has 0 radical (unpaired) electrons. The third-order valence-corrected chi connectivity index (χ3v) is 7.18. The number of aliphatic carboxylic acids is 1. The first-order valence-electron chi connectivity index (χ1n) is 13.4. The molecule has 1 aliphatic heterocycles. The Morgan fingerprint density at radius 3 is 2.36 bits per heavy atom. The Bertz CT molecular complexity index is 1490. The summed E-state index contributed by atoms with van der Waals surface area (Å²) in [4.78, 5) is 55.2. The summed E-state index contributed by atoms with van der Waals surface area (Å²) in [5, 5.41) is 24.5. The Hall–Kier alpha value is -4.91. The number of aromatic nitrogens is 1. The van der Waals surface area contributed by atoms with Gasteiger partial charge in [0.2, 0.25) is 12.1 Å². The van der Waals surface area contributed by atoms with Crippen LogP contribution in [0.15, 0.2) is 53.7 Å². The predicted molar refractivity (Wildman–Crippen MR) is 151 cm³/mol. The number of carbonyl (C=O) groups is 4. The maximum atomic E-state index is 13.0. The average Bonchev–Trinajstić information content (AvgIpc) is 3.39. The van der Waals surface area contributed by atoms with Gasteiger partial charge < -0.3 is 40.7 Å². The van der Waals surface area contributed by atoms with E-state index in [1.54, 1.807) is 60.4 Å². The molecule has 222 valence electrons. The minimum absolute atomic E-state index is 0.00250. The fourth-order valence-corrected chi connectivity index (χ4v) is 4.92. The number of carboxylic acid groups (broad SMARTS) is 1. The lowest BCUT2D eigenvalue weighted by molar-refractivity contribution is -0.159. The number of nitrogens with two attached hydrogens (primary N) is 1. The number of likely N-dealkylation sites (tertiary alicyclic amines) is 1. The number of nitrogens with zero attached hydrogens (tertiary/aromatic N) is 2. The minimum Gasteiger partial charge on any atom is -0.494 e. The smallest absolute Gasteiger partial charge is 0.354 e. The molecular formula is C29H33N5O8. The molecule has 0 aliphatic carbocycles. The number of hydrogen-bond acceptors (Lipinski definition) is 8. The number of piperidine rings is 1. The summed E-state index contributed by atoms with van der Waals surface area (Å²) in [5.41, 5.74) is 7.16. The molecule has 1 saturated heterocycles. The number of nitrogens with one attached hydrogen (secondary N) is 2. The third-order valence-electron chi connectivity index (χ3n) is 7.18. The highest BCUT2D eigenvalue weighted by atomic mass is 16.5. The van der Waals surface area contributed by atoms with Crippen LogP contribution in [-0.4, -0.2) is 82.1 Å². The van der Waals surface area contributed by atoms with Crippen LogP contribution in [0.3, 0.4) is 0 Å². The minimum atomic E-state index is -1.61. The molecule has 0 bridgehead atoms. The highest BCUT2D eigenvalue weighted by molar-refractivity contribution is 6.04.